The predicted octanol–water partition coefficient (Wildman–Crippen LogP) is 5.50. The van der Waals surface area contributed by atoms with Gasteiger partial charge >= 0.3 is 5.63 Å². The van der Waals surface area contributed by atoms with Gasteiger partial charge in [0.2, 0.25) is 5.88 Å². The van der Waals surface area contributed by atoms with E-state index in [-0.39, 0.29) is 11.7 Å². The number of hydrogen-bond donors (Lipinski definition) is 0. The fourth-order valence-corrected chi connectivity index (χ4v) is 3.79. The number of aromatic nitrogens is 4. The zero-order valence-electron chi connectivity index (χ0n) is 17.6. The molecular weight excluding hydrogens is 435 g/mol. The van der Waals surface area contributed by atoms with Crippen molar-refractivity contribution < 1.29 is 13.5 Å². The highest BCUT2D eigenvalue weighted by atomic mass is 19.1. The Balaban J connectivity index is 1.38. The van der Waals surface area contributed by atoms with E-state index in [1.54, 1.807) is 36.4 Å². The van der Waals surface area contributed by atoms with Crippen molar-refractivity contribution in [2.24, 2.45) is 0 Å². The largest absolute Gasteiger partial charge is 0.437 e. The van der Waals surface area contributed by atoms with Gasteiger partial charge in [-0.05, 0) is 53.6 Å². The van der Waals surface area contributed by atoms with Gasteiger partial charge in [-0.1, -0.05) is 30.3 Å². The number of fused-ring (bicyclic) bond motifs is 2. The Kier molecular flexibility index (Phi) is 4.62. The molecular formula is C26H15FN4O3. The van der Waals surface area contributed by atoms with Gasteiger partial charge in [0.25, 0.3) is 0 Å². The number of benzene rings is 3. The van der Waals surface area contributed by atoms with Gasteiger partial charge in [-0.25, -0.2) is 9.18 Å². The van der Waals surface area contributed by atoms with Crippen molar-refractivity contribution in [1.82, 2.24) is 19.8 Å². The average molecular weight is 450 g/mol. The van der Waals surface area contributed by atoms with E-state index in [0.717, 1.165) is 16.5 Å². The molecule has 34 heavy (non-hydrogen) atoms. The lowest BCUT2D eigenvalue weighted by atomic mass is 10.0. The van der Waals surface area contributed by atoms with E-state index >= 15 is 0 Å². The fraction of sp³-hybridized carbons (Fsp3) is 0. The van der Waals surface area contributed by atoms with Crippen LogP contribution in [0.25, 0.3) is 39.1 Å². The van der Waals surface area contributed by atoms with Crippen LogP contribution in [0.15, 0.2) is 100 Å². The topological polar surface area (TPSA) is 82.5 Å². The summed E-state index contributed by atoms with van der Waals surface area (Å²) in [5, 5.41) is 13.5. The fourth-order valence-electron chi connectivity index (χ4n) is 3.79. The third-order valence-corrected chi connectivity index (χ3v) is 5.36. The van der Waals surface area contributed by atoms with Gasteiger partial charge in [0, 0.05) is 29.1 Å². The number of ether oxygens (including phenoxy) is 1. The van der Waals surface area contributed by atoms with E-state index in [4.69, 9.17) is 9.15 Å². The molecule has 0 saturated heterocycles. The smallest absolute Gasteiger partial charge is 0.336 e. The second-order valence-corrected chi connectivity index (χ2v) is 7.58. The van der Waals surface area contributed by atoms with Crippen molar-refractivity contribution in [2.75, 3.05) is 0 Å². The predicted molar refractivity (Wildman–Crippen MR) is 124 cm³/mol. The Bertz CT molecular complexity index is 1710. The van der Waals surface area contributed by atoms with E-state index < -0.39 is 5.63 Å². The van der Waals surface area contributed by atoms with E-state index in [1.165, 1.54) is 22.7 Å². The highest BCUT2D eigenvalue weighted by molar-refractivity contribution is 5.93. The normalized spacial score (nSPS) is 11.2. The van der Waals surface area contributed by atoms with Crippen molar-refractivity contribution in [3.05, 3.63) is 107 Å². The van der Waals surface area contributed by atoms with Crippen LogP contribution in [0.1, 0.15) is 0 Å². The summed E-state index contributed by atoms with van der Waals surface area (Å²) in [6.45, 7) is 0. The SMILES string of the molecule is O=c1cc(-c2ccccc2)c2ccc(Oc3ccc4nnc(-c5ccc(F)cc5)n4n3)cc2o1. The van der Waals surface area contributed by atoms with Gasteiger partial charge in [0.1, 0.15) is 17.1 Å². The Labute approximate surface area is 191 Å². The molecule has 0 saturated carbocycles. The number of nitrogens with zero attached hydrogens (tertiary/aromatic N) is 4. The molecule has 3 aromatic heterocycles. The number of hydrogen-bond acceptors (Lipinski definition) is 6. The summed E-state index contributed by atoms with van der Waals surface area (Å²) >= 11 is 0. The average Bonchev–Trinajstić information content (AvgIpc) is 3.28. The van der Waals surface area contributed by atoms with E-state index in [9.17, 15) is 9.18 Å². The highest BCUT2D eigenvalue weighted by Crippen LogP contribution is 2.31. The molecule has 164 valence electrons. The first-order valence-electron chi connectivity index (χ1n) is 10.4. The maximum absolute atomic E-state index is 13.3. The van der Waals surface area contributed by atoms with Gasteiger partial charge in [-0.2, -0.15) is 4.52 Å². The molecule has 0 fully saturated rings. The standard InChI is InChI=1S/C26H15FN4O3/c27-18-8-6-17(7-9-18)26-29-28-23-12-13-24(30-31(23)26)33-19-10-11-20-21(16-4-2-1-3-5-16)15-25(32)34-22(20)14-19/h1-15H. The van der Waals surface area contributed by atoms with E-state index in [0.29, 0.717) is 28.4 Å². The van der Waals surface area contributed by atoms with E-state index in [1.807, 2.05) is 36.4 Å². The van der Waals surface area contributed by atoms with Gasteiger partial charge in [0.15, 0.2) is 11.5 Å². The Morgan fingerprint density at radius 3 is 2.47 bits per heavy atom. The molecule has 0 aliphatic rings. The monoisotopic (exact) mass is 450 g/mol. The van der Waals surface area contributed by atoms with Gasteiger partial charge in [-0.3, -0.25) is 0 Å². The highest BCUT2D eigenvalue weighted by Gasteiger charge is 2.13. The molecule has 3 heterocycles. The molecule has 8 heteroatoms. The molecule has 0 spiro atoms. The zero-order chi connectivity index (χ0) is 23.1. The van der Waals surface area contributed by atoms with Crippen LogP contribution in [0.2, 0.25) is 0 Å². The number of halogens is 1. The van der Waals surface area contributed by atoms with Crippen molar-refractivity contribution in [2.45, 2.75) is 0 Å². The molecule has 0 bridgehead atoms. The Hall–Kier alpha value is -4.85. The van der Waals surface area contributed by atoms with Crippen LogP contribution < -0.4 is 10.4 Å². The van der Waals surface area contributed by atoms with Crippen LogP contribution >= 0.6 is 0 Å². The molecule has 7 nitrogen and oxygen atoms in total. The second kappa shape index (κ2) is 7.93. The van der Waals surface area contributed by atoms with Gasteiger partial charge < -0.3 is 9.15 Å². The summed E-state index contributed by atoms with van der Waals surface area (Å²) in [6, 6.07) is 25.7. The quantitative estimate of drug-likeness (QED) is 0.330. The van der Waals surface area contributed by atoms with Crippen LogP contribution in [-0.2, 0) is 0 Å². The lowest BCUT2D eigenvalue weighted by molar-refractivity contribution is 0.451. The lowest BCUT2D eigenvalue weighted by Gasteiger charge is -2.09. The maximum Gasteiger partial charge on any atom is 0.336 e. The van der Waals surface area contributed by atoms with Gasteiger partial charge in [-0.15, -0.1) is 15.3 Å². The summed E-state index contributed by atoms with van der Waals surface area (Å²) in [5.41, 5.74) is 2.84. The molecule has 0 unspecified atom stereocenters. The molecule has 0 aliphatic carbocycles. The third-order valence-electron chi connectivity index (χ3n) is 5.36. The summed E-state index contributed by atoms with van der Waals surface area (Å²) < 4.78 is 26.2. The molecule has 0 N–H and O–H groups in total. The van der Waals surface area contributed by atoms with Crippen molar-refractivity contribution in [3.63, 3.8) is 0 Å². The lowest BCUT2D eigenvalue weighted by Crippen LogP contribution is -1.99. The third kappa shape index (κ3) is 3.57. The summed E-state index contributed by atoms with van der Waals surface area (Å²) in [5.74, 6) is 0.853. The molecule has 0 aliphatic heterocycles. The molecule has 0 radical (unpaired) electrons. The second-order valence-electron chi connectivity index (χ2n) is 7.58. The minimum absolute atomic E-state index is 0.288. The summed E-state index contributed by atoms with van der Waals surface area (Å²) in [7, 11) is 0. The first kappa shape index (κ1) is 19.8. The summed E-state index contributed by atoms with van der Waals surface area (Å²) in [4.78, 5) is 12.2. The Morgan fingerprint density at radius 2 is 1.65 bits per heavy atom. The molecule has 3 aromatic carbocycles. The van der Waals surface area contributed by atoms with E-state index in [2.05, 4.69) is 15.3 Å². The van der Waals surface area contributed by atoms with Crippen LogP contribution in [0.5, 0.6) is 11.6 Å². The maximum atomic E-state index is 13.3. The zero-order valence-corrected chi connectivity index (χ0v) is 17.6. The summed E-state index contributed by atoms with van der Waals surface area (Å²) in [6.07, 6.45) is 0. The molecule has 0 atom stereocenters. The molecule has 6 aromatic rings. The molecule has 0 amide bonds. The number of rotatable bonds is 4. The Morgan fingerprint density at radius 1 is 0.824 bits per heavy atom. The minimum atomic E-state index is -0.448. The van der Waals surface area contributed by atoms with Crippen molar-refractivity contribution >= 4 is 16.6 Å². The minimum Gasteiger partial charge on any atom is -0.437 e. The first-order chi connectivity index (χ1) is 16.6. The van der Waals surface area contributed by atoms with Gasteiger partial charge in [0.05, 0.1) is 0 Å². The van der Waals surface area contributed by atoms with Crippen molar-refractivity contribution in [3.8, 4) is 34.1 Å². The molecule has 6 rings (SSSR count). The van der Waals surface area contributed by atoms with Crippen LogP contribution in [0, 0.1) is 5.82 Å². The van der Waals surface area contributed by atoms with Crippen LogP contribution in [0.4, 0.5) is 4.39 Å². The van der Waals surface area contributed by atoms with Crippen molar-refractivity contribution in [1.29, 1.82) is 0 Å². The first-order valence-corrected chi connectivity index (χ1v) is 10.4. The van der Waals surface area contributed by atoms with Crippen LogP contribution in [0.3, 0.4) is 0 Å². The van der Waals surface area contributed by atoms with Crippen LogP contribution in [-0.4, -0.2) is 19.8 Å².